The van der Waals surface area contributed by atoms with Crippen molar-refractivity contribution in [2.24, 2.45) is 0 Å². The van der Waals surface area contributed by atoms with Crippen LogP contribution in [0.2, 0.25) is 0 Å². The van der Waals surface area contributed by atoms with Crippen molar-refractivity contribution in [2.75, 3.05) is 0 Å². The highest BCUT2D eigenvalue weighted by molar-refractivity contribution is 9.10. The first-order valence-corrected chi connectivity index (χ1v) is 15.5. The Morgan fingerprint density at radius 1 is 0.439 bits per heavy atom. The first kappa shape index (κ1) is 24.5. The van der Waals surface area contributed by atoms with Crippen LogP contribution in [0.3, 0.4) is 0 Å². The van der Waals surface area contributed by atoms with Gasteiger partial charge in [-0.1, -0.05) is 125 Å². The van der Waals surface area contributed by atoms with E-state index in [0.29, 0.717) is 0 Å². The van der Waals surface area contributed by atoms with Gasteiger partial charge in [0.1, 0.15) is 0 Å². The van der Waals surface area contributed by atoms with Crippen LogP contribution in [0, 0.1) is 0 Å². The molecule has 0 nitrogen and oxygen atoms in total. The topological polar surface area (TPSA) is 0 Å². The molecule has 8 rings (SSSR count). The number of rotatable bonds is 4. The Hall–Kier alpha value is -4.24. The summed E-state index contributed by atoms with van der Waals surface area (Å²) in [5, 5.41) is 7.93. The Bertz CT molecular complexity index is 2240. The van der Waals surface area contributed by atoms with Crippen molar-refractivity contribution >= 4 is 69.0 Å². The summed E-state index contributed by atoms with van der Waals surface area (Å²) in [6.45, 7) is 0. The number of fused-ring (bicyclic) bond motifs is 6. The van der Waals surface area contributed by atoms with E-state index in [0.717, 1.165) is 10.9 Å². The molecule has 0 spiro atoms. The van der Waals surface area contributed by atoms with Crippen molar-refractivity contribution < 1.29 is 0 Å². The van der Waals surface area contributed by atoms with Gasteiger partial charge in [0.25, 0.3) is 0 Å². The Morgan fingerprint density at radius 3 is 1.98 bits per heavy atom. The van der Waals surface area contributed by atoms with Gasteiger partial charge in [-0.05, 0) is 91.7 Å². The summed E-state index contributed by atoms with van der Waals surface area (Å²) in [5.41, 5.74) is 7.66. The van der Waals surface area contributed by atoms with Gasteiger partial charge in [0.05, 0.1) is 0 Å². The molecule has 0 radical (unpaired) electrons. The molecule has 194 valence electrons. The van der Waals surface area contributed by atoms with Crippen LogP contribution < -0.4 is 0 Å². The fourth-order valence-corrected chi connectivity index (χ4v) is 7.66. The quantitative estimate of drug-likeness (QED) is 0.175. The molecule has 0 unspecified atom stereocenters. The maximum atomic E-state index is 3.60. The van der Waals surface area contributed by atoms with E-state index in [4.69, 9.17) is 0 Å². The molecule has 0 aliphatic heterocycles. The number of thiophene rings is 1. The van der Waals surface area contributed by atoms with Crippen LogP contribution in [0.4, 0.5) is 0 Å². The van der Waals surface area contributed by atoms with Crippen molar-refractivity contribution in [3.05, 3.63) is 155 Å². The Balaban J connectivity index is 1.23. The SMILES string of the molecule is Brc1cccc(-c2ccc(Cc3cc4ccccc4c4ccc(-c5ccc6c(c5)sc5ccccc56)cc34)cc2)c1. The summed E-state index contributed by atoms with van der Waals surface area (Å²) < 4.78 is 3.79. The van der Waals surface area contributed by atoms with Gasteiger partial charge in [0, 0.05) is 24.6 Å². The van der Waals surface area contributed by atoms with Gasteiger partial charge in [-0.2, -0.15) is 0 Å². The third-order valence-electron chi connectivity index (χ3n) is 8.16. The molecule has 0 saturated carbocycles. The summed E-state index contributed by atoms with van der Waals surface area (Å²) in [6, 6.07) is 51.3. The van der Waals surface area contributed by atoms with Gasteiger partial charge in [-0.15, -0.1) is 11.3 Å². The second-order valence-corrected chi connectivity index (χ2v) is 12.7. The molecule has 1 heterocycles. The largest absolute Gasteiger partial charge is 0.135 e. The molecule has 8 aromatic rings. The molecule has 7 aromatic carbocycles. The predicted octanol–water partition coefficient (Wildman–Crippen LogP) is 12.0. The van der Waals surface area contributed by atoms with E-state index < -0.39 is 0 Å². The van der Waals surface area contributed by atoms with Crippen LogP contribution in [0.1, 0.15) is 11.1 Å². The number of hydrogen-bond acceptors (Lipinski definition) is 1. The molecule has 0 aliphatic rings. The van der Waals surface area contributed by atoms with Gasteiger partial charge in [0.15, 0.2) is 0 Å². The molecule has 1 aromatic heterocycles. The van der Waals surface area contributed by atoms with Crippen LogP contribution in [-0.4, -0.2) is 0 Å². The van der Waals surface area contributed by atoms with Crippen LogP contribution in [0.15, 0.2) is 144 Å². The lowest BCUT2D eigenvalue weighted by Gasteiger charge is -2.13. The summed E-state index contributed by atoms with van der Waals surface area (Å²) in [7, 11) is 0. The normalized spacial score (nSPS) is 11.6. The van der Waals surface area contributed by atoms with E-state index in [1.54, 1.807) is 0 Å². The maximum Gasteiger partial charge on any atom is 0.0361 e. The molecule has 0 aliphatic carbocycles. The van der Waals surface area contributed by atoms with Gasteiger partial charge in [0.2, 0.25) is 0 Å². The first-order valence-electron chi connectivity index (χ1n) is 13.9. The van der Waals surface area contributed by atoms with Gasteiger partial charge < -0.3 is 0 Å². The molecule has 41 heavy (non-hydrogen) atoms. The van der Waals surface area contributed by atoms with Crippen LogP contribution in [0.5, 0.6) is 0 Å². The van der Waals surface area contributed by atoms with E-state index in [1.807, 2.05) is 11.3 Å². The lowest BCUT2D eigenvalue weighted by Crippen LogP contribution is -1.92. The minimum absolute atomic E-state index is 0.888. The molecular weight excluding hydrogens is 580 g/mol. The third kappa shape index (κ3) is 4.44. The van der Waals surface area contributed by atoms with Gasteiger partial charge >= 0.3 is 0 Å². The molecule has 0 atom stereocenters. The van der Waals surface area contributed by atoms with Crippen molar-refractivity contribution in [3.8, 4) is 22.3 Å². The molecule has 0 N–H and O–H groups in total. The number of hydrogen-bond donors (Lipinski definition) is 0. The highest BCUT2D eigenvalue weighted by Crippen LogP contribution is 2.38. The smallest absolute Gasteiger partial charge is 0.0361 e. The molecule has 0 fully saturated rings. The van der Waals surface area contributed by atoms with Crippen LogP contribution in [0.25, 0.3) is 64.0 Å². The zero-order valence-electron chi connectivity index (χ0n) is 22.3. The zero-order chi connectivity index (χ0) is 27.3. The van der Waals surface area contributed by atoms with E-state index in [1.165, 1.54) is 75.1 Å². The maximum absolute atomic E-state index is 3.60. The van der Waals surface area contributed by atoms with E-state index >= 15 is 0 Å². The summed E-state index contributed by atoms with van der Waals surface area (Å²) in [5.74, 6) is 0. The second kappa shape index (κ2) is 9.99. The van der Waals surface area contributed by atoms with E-state index in [9.17, 15) is 0 Å². The fourth-order valence-electron chi connectivity index (χ4n) is 6.11. The lowest BCUT2D eigenvalue weighted by molar-refractivity contribution is 1.22. The predicted molar refractivity (Wildman–Crippen MR) is 182 cm³/mol. The van der Waals surface area contributed by atoms with E-state index in [2.05, 4.69) is 155 Å². The van der Waals surface area contributed by atoms with Gasteiger partial charge in [-0.25, -0.2) is 0 Å². The third-order valence-corrected chi connectivity index (χ3v) is 9.79. The van der Waals surface area contributed by atoms with Crippen LogP contribution >= 0.6 is 27.3 Å². The van der Waals surface area contributed by atoms with Crippen molar-refractivity contribution in [3.63, 3.8) is 0 Å². The number of benzene rings is 7. The minimum atomic E-state index is 0.888. The molecule has 0 bridgehead atoms. The zero-order valence-corrected chi connectivity index (χ0v) is 24.7. The Kier molecular flexibility index (Phi) is 5.98. The lowest BCUT2D eigenvalue weighted by atomic mass is 9.91. The average molecular weight is 606 g/mol. The van der Waals surface area contributed by atoms with Gasteiger partial charge in [-0.3, -0.25) is 0 Å². The Morgan fingerprint density at radius 2 is 1.12 bits per heavy atom. The van der Waals surface area contributed by atoms with E-state index in [-0.39, 0.29) is 0 Å². The fraction of sp³-hybridized carbons (Fsp3) is 0.0256. The summed E-state index contributed by atoms with van der Waals surface area (Å²) in [6.07, 6.45) is 0.888. The molecule has 2 heteroatoms. The van der Waals surface area contributed by atoms with Crippen molar-refractivity contribution in [2.45, 2.75) is 6.42 Å². The summed E-state index contributed by atoms with van der Waals surface area (Å²) >= 11 is 5.48. The number of halogens is 1. The standard InChI is InChI=1S/C39H25BrS/c40-32-8-5-7-27(22-32)26-14-12-25(13-15-26)20-31-21-30-6-1-2-9-33(30)34-18-16-28(23-37(31)34)29-17-19-36-35-10-3-4-11-38(35)41-39(36)24-29/h1-19,21-24H,20H2. The molecular formula is C39H25BrS. The minimum Gasteiger partial charge on any atom is -0.135 e. The first-order chi connectivity index (χ1) is 20.2. The Labute approximate surface area is 251 Å². The highest BCUT2D eigenvalue weighted by atomic mass is 79.9. The van der Waals surface area contributed by atoms with Crippen molar-refractivity contribution in [1.29, 1.82) is 0 Å². The average Bonchev–Trinajstić information content (AvgIpc) is 3.39. The van der Waals surface area contributed by atoms with Crippen LogP contribution in [-0.2, 0) is 6.42 Å². The monoisotopic (exact) mass is 604 g/mol. The molecule has 0 saturated heterocycles. The summed E-state index contributed by atoms with van der Waals surface area (Å²) in [4.78, 5) is 0. The highest BCUT2D eigenvalue weighted by Gasteiger charge is 2.12. The molecule has 0 amide bonds. The van der Waals surface area contributed by atoms with Crippen molar-refractivity contribution in [1.82, 2.24) is 0 Å². The second-order valence-electron chi connectivity index (χ2n) is 10.7.